The third-order valence-electron chi connectivity index (χ3n) is 5.41. The summed E-state index contributed by atoms with van der Waals surface area (Å²) in [6, 6.07) is 19.9. The lowest BCUT2D eigenvalue weighted by molar-refractivity contribution is -0.122. The number of carbonyl (C=O) groups excluding carboxylic acids is 2. The van der Waals surface area contributed by atoms with E-state index in [9.17, 15) is 18.0 Å². The first kappa shape index (κ1) is 20.1. The zero-order valence-corrected chi connectivity index (χ0v) is 17.4. The van der Waals surface area contributed by atoms with Crippen molar-refractivity contribution in [3.05, 3.63) is 66.7 Å². The molecule has 1 heterocycles. The van der Waals surface area contributed by atoms with E-state index in [-0.39, 0.29) is 41.1 Å². The molecule has 1 aliphatic heterocycles. The summed E-state index contributed by atoms with van der Waals surface area (Å²) in [5.74, 6) is -1.10. The van der Waals surface area contributed by atoms with Crippen LogP contribution in [0.5, 0.6) is 0 Å². The van der Waals surface area contributed by atoms with Gasteiger partial charge in [0, 0.05) is 18.4 Å². The molecular weight excluding hydrogens is 400 g/mol. The van der Waals surface area contributed by atoms with Gasteiger partial charge in [-0.1, -0.05) is 55.5 Å². The van der Waals surface area contributed by atoms with Gasteiger partial charge >= 0.3 is 0 Å². The van der Waals surface area contributed by atoms with E-state index in [0.29, 0.717) is 0 Å². The Morgan fingerprint density at radius 1 is 1.03 bits per heavy atom. The molecule has 7 heteroatoms. The second-order valence-corrected chi connectivity index (χ2v) is 9.54. The van der Waals surface area contributed by atoms with E-state index in [2.05, 4.69) is 5.32 Å². The molecule has 1 atom stereocenters. The van der Waals surface area contributed by atoms with Gasteiger partial charge in [0.2, 0.25) is 11.8 Å². The third kappa shape index (κ3) is 3.68. The zero-order chi connectivity index (χ0) is 21.3. The van der Waals surface area contributed by atoms with Gasteiger partial charge in [-0.15, -0.1) is 0 Å². The number of sulfone groups is 1. The molecular formula is C23H22N2O4S. The highest BCUT2D eigenvalue weighted by Gasteiger charge is 2.36. The van der Waals surface area contributed by atoms with Crippen LogP contribution >= 0.6 is 0 Å². The molecule has 6 nitrogen and oxygen atoms in total. The highest BCUT2D eigenvalue weighted by atomic mass is 32.2. The largest absolute Gasteiger partial charge is 0.325 e. The Bertz CT molecular complexity index is 1230. The van der Waals surface area contributed by atoms with E-state index in [1.165, 1.54) is 6.07 Å². The summed E-state index contributed by atoms with van der Waals surface area (Å²) in [6.45, 7) is 1.81. The van der Waals surface area contributed by atoms with Gasteiger partial charge in [0.25, 0.3) is 0 Å². The molecule has 0 saturated carbocycles. The van der Waals surface area contributed by atoms with E-state index in [1.54, 1.807) is 30.0 Å². The normalized spacial score (nSPS) is 16.8. The summed E-state index contributed by atoms with van der Waals surface area (Å²) < 4.78 is 24.6. The average Bonchev–Trinajstić information content (AvgIpc) is 3.15. The molecule has 0 radical (unpaired) electrons. The van der Waals surface area contributed by atoms with Crippen molar-refractivity contribution in [3.8, 4) is 0 Å². The van der Waals surface area contributed by atoms with E-state index >= 15 is 0 Å². The maximum Gasteiger partial charge on any atom is 0.229 e. The second-order valence-electron chi connectivity index (χ2n) is 7.29. The first-order chi connectivity index (χ1) is 14.4. The van der Waals surface area contributed by atoms with Crippen molar-refractivity contribution in [2.45, 2.75) is 18.2 Å². The maximum atomic E-state index is 12.9. The summed E-state index contributed by atoms with van der Waals surface area (Å²) in [6.07, 6.45) is 0.0811. The number of hydrogen-bond donors (Lipinski definition) is 1. The minimum absolute atomic E-state index is 0.0589. The number of amides is 2. The average molecular weight is 423 g/mol. The molecule has 1 N–H and O–H groups in total. The van der Waals surface area contributed by atoms with Crippen molar-refractivity contribution in [1.82, 2.24) is 0 Å². The van der Waals surface area contributed by atoms with Crippen molar-refractivity contribution in [2.75, 3.05) is 22.5 Å². The van der Waals surface area contributed by atoms with Crippen molar-refractivity contribution in [3.63, 3.8) is 0 Å². The molecule has 154 valence electrons. The molecule has 3 aromatic carbocycles. The highest BCUT2D eigenvalue weighted by molar-refractivity contribution is 7.91. The first-order valence-corrected chi connectivity index (χ1v) is 11.5. The van der Waals surface area contributed by atoms with E-state index in [4.69, 9.17) is 0 Å². The van der Waals surface area contributed by atoms with Gasteiger partial charge in [-0.2, -0.15) is 0 Å². The lowest BCUT2D eigenvalue weighted by Gasteiger charge is -2.19. The summed E-state index contributed by atoms with van der Waals surface area (Å²) in [4.78, 5) is 27.3. The second kappa shape index (κ2) is 7.91. The van der Waals surface area contributed by atoms with Crippen LogP contribution in [0.15, 0.2) is 71.6 Å². The fraction of sp³-hybridized carbons (Fsp3) is 0.217. The number of nitrogens with one attached hydrogen (secondary N) is 1. The number of rotatable bonds is 5. The fourth-order valence-electron chi connectivity index (χ4n) is 3.79. The van der Waals surface area contributed by atoms with Gasteiger partial charge in [0.1, 0.15) is 0 Å². The number of para-hydroxylation sites is 1. The lowest BCUT2D eigenvalue weighted by Crippen LogP contribution is -2.28. The van der Waals surface area contributed by atoms with E-state index in [1.807, 2.05) is 42.5 Å². The first-order valence-electron chi connectivity index (χ1n) is 9.81. The Hall–Kier alpha value is -3.19. The maximum absolute atomic E-state index is 12.9. The smallest absolute Gasteiger partial charge is 0.229 e. The number of nitrogens with zero attached hydrogens (tertiary/aromatic N) is 1. The topological polar surface area (TPSA) is 83.5 Å². The van der Waals surface area contributed by atoms with Gasteiger partial charge in [-0.05, 0) is 23.6 Å². The molecule has 4 rings (SSSR count). The van der Waals surface area contributed by atoms with Crippen molar-refractivity contribution in [1.29, 1.82) is 0 Å². The van der Waals surface area contributed by atoms with Crippen LogP contribution < -0.4 is 10.2 Å². The van der Waals surface area contributed by atoms with E-state index < -0.39 is 15.8 Å². The summed E-state index contributed by atoms with van der Waals surface area (Å²) in [5, 5.41) is 4.70. The molecule has 0 aromatic heterocycles. The minimum atomic E-state index is -3.48. The lowest BCUT2D eigenvalue weighted by atomic mass is 10.1. The number of fused-ring (bicyclic) bond motifs is 1. The van der Waals surface area contributed by atoms with Gasteiger partial charge in [0.05, 0.1) is 27.9 Å². The molecule has 0 spiro atoms. The zero-order valence-electron chi connectivity index (χ0n) is 16.5. The van der Waals surface area contributed by atoms with Gasteiger partial charge in [-0.25, -0.2) is 8.42 Å². The fourth-order valence-corrected chi connectivity index (χ4v) is 4.84. The SMILES string of the molecule is CCS(=O)(=O)c1ccccc1NC(=O)[C@H]1CC(=O)N(c2cccc3ccccc23)C1. The molecule has 1 aliphatic rings. The molecule has 3 aromatic rings. The molecule has 30 heavy (non-hydrogen) atoms. The van der Waals surface area contributed by atoms with Crippen LogP contribution in [0.4, 0.5) is 11.4 Å². The van der Waals surface area contributed by atoms with Crippen molar-refractivity contribution >= 4 is 43.8 Å². The van der Waals surface area contributed by atoms with Crippen molar-refractivity contribution < 1.29 is 18.0 Å². The third-order valence-corrected chi connectivity index (χ3v) is 7.20. The predicted octanol–water partition coefficient (Wildman–Crippen LogP) is 3.63. The molecule has 2 amide bonds. The number of hydrogen-bond acceptors (Lipinski definition) is 4. The van der Waals surface area contributed by atoms with Crippen LogP contribution in [0.3, 0.4) is 0 Å². The summed E-state index contributed by atoms with van der Waals surface area (Å²) in [7, 11) is -3.48. The molecule has 1 saturated heterocycles. The molecule has 0 bridgehead atoms. The Morgan fingerprint density at radius 2 is 1.73 bits per heavy atom. The molecule has 0 unspecified atom stereocenters. The van der Waals surface area contributed by atoms with E-state index in [0.717, 1.165) is 16.5 Å². The van der Waals surface area contributed by atoms with Crippen LogP contribution in [-0.4, -0.2) is 32.5 Å². The minimum Gasteiger partial charge on any atom is -0.325 e. The van der Waals surface area contributed by atoms with Gasteiger partial charge in [0.15, 0.2) is 9.84 Å². The van der Waals surface area contributed by atoms with Crippen LogP contribution in [0.1, 0.15) is 13.3 Å². The van der Waals surface area contributed by atoms with Crippen LogP contribution in [-0.2, 0) is 19.4 Å². The summed E-state index contributed by atoms with van der Waals surface area (Å²) in [5.41, 5.74) is 1.03. The van der Waals surface area contributed by atoms with Crippen molar-refractivity contribution in [2.24, 2.45) is 5.92 Å². The highest BCUT2D eigenvalue weighted by Crippen LogP contribution is 2.32. The van der Waals surface area contributed by atoms with Gasteiger partial charge < -0.3 is 10.2 Å². The molecule has 0 aliphatic carbocycles. The predicted molar refractivity (Wildman–Crippen MR) is 117 cm³/mol. The van der Waals surface area contributed by atoms with Crippen LogP contribution in [0.25, 0.3) is 10.8 Å². The summed E-state index contributed by atoms with van der Waals surface area (Å²) >= 11 is 0. The number of benzene rings is 3. The number of anilines is 2. The van der Waals surface area contributed by atoms with Gasteiger partial charge in [-0.3, -0.25) is 9.59 Å². The Kier molecular flexibility index (Phi) is 5.30. The quantitative estimate of drug-likeness (QED) is 0.681. The Balaban J connectivity index is 1.58. The number of carbonyl (C=O) groups is 2. The Morgan fingerprint density at radius 3 is 2.53 bits per heavy atom. The standard InChI is InChI=1S/C23H22N2O4S/c1-2-30(28,29)21-13-6-5-11-19(21)24-23(27)17-14-22(26)25(15-17)20-12-7-9-16-8-3-4-10-18(16)20/h3-13,17H,2,14-15H2,1H3,(H,24,27)/t17-/m0/s1. The van der Waals surface area contributed by atoms with Crippen LogP contribution in [0, 0.1) is 5.92 Å². The monoisotopic (exact) mass is 422 g/mol. The molecule has 1 fully saturated rings. The Labute approximate surface area is 175 Å². The van der Waals surface area contributed by atoms with Crippen LogP contribution in [0.2, 0.25) is 0 Å².